The van der Waals surface area contributed by atoms with Crippen molar-refractivity contribution in [1.82, 2.24) is 5.32 Å². The monoisotopic (exact) mass is 326 g/mol. The minimum absolute atomic E-state index is 0. The molecule has 0 aromatic carbocycles. The maximum absolute atomic E-state index is 12.2. The Balaban J connectivity index is 0.00000200. The zero-order chi connectivity index (χ0) is 14.0. The lowest BCUT2D eigenvalue weighted by molar-refractivity contribution is -0.0498. The van der Waals surface area contributed by atoms with Crippen LogP contribution >= 0.6 is 23.7 Å². The smallest absolute Gasteiger partial charge is 0.387 e. The van der Waals surface area contributed by atoms with Crippen molar-refractivity contribution in [3.8, 4) is 5.75 Å². The number of nitrogens with one attached hydrogen (secondary N) is 1. The summed E-state index contributed by atoms with van der Waals surface area (Å²) < 4.78 is 28.8. The second-order valence-electron chi connectivity index (χ2n) is 4.64. The molecule has 0 radical (unpaired) electrons. The molecule has 1 aromatic rings. The van der Waals surface area contributed by atoms with Crippen molar-refractivity contribution in [3.05, 3.63) is 15.8 Å². The van der Waals surface area contributed by atoms with E-state index in [1.54, 1.807) is 6.92 Å². The highest BCUT2D eigenvalue weighted by Crippen LogP contribution is 2.32. The lowest BCUT2D eigenvalue weighted by atomic mass is 10.2. The number of alkyl halides is 2. The molecule has 4 nitrogen and oxygen atoms in total. The number of amides is 1. The number of thiophene rings is 1. The van der Waals surface area contributed by atoms with E-state index in [0.717, 1.165) is 29.1 Å². The van der Waals surface area contributed by atoms with E-state index in [9.17, 15) is 13.6 Å². The number of nitrogens with two attached hydrogens (primary N) is 1. The van der Waals surface area contributed by atoms with Gasteiger partial charge in [0.15, 0.2) is 0 Å². The molecule has 0 spiro atoms. The van der Waals surface area contributed by atoms with Gasteiger partial charge < -0.3 is 15.8 Å². The fourth-order valence-corrected chi connectivity index (χ4v) is 2.67. The van der Waals surface area contributed by atoms with Crippen molar-refractivity contribution >= 4 is 29.7 Å². The summed E-state index contributed by atoms with van der Waals surface area (Å²) in [6.07, 6.45) is 2.18. The first kappa shape index (κ1) is 17.1. The van der Waals surface area contributed by atoms with Crippen molar-refractivity contribution in [2.75, 3.05) is 6.54 Å². The van der Waals surface area contributed by atoms with Crippen molar-refractivity contribution in [2.24, 2.45) is 11.7 Å². The average molecular weight is 327 g/mol. The van der Waals surface area contributed by atoms with Crippen molar-refractivity contribution in [3.63, 3.8) is 0 Å². The molecule has 1 saturated carbocycles. The van der Waals surface area contributed by atoms with Crippen LogP contribution in [0.25, 0.3) is 0 Å². The second-order valence-corrected chi connectivity index (χ2v) is 5.90. The van der Waals surface area contributed by atoms with E-state index in [0.29, 0.717) is 12.5 Å². The van der Waals surface area contributed by atoms with E-state index in [4.69, 9.17) is 5.73 Å². The molecular weight excluding hydrogens is 310 g/mol. The Morgan fingerprint density at radius 2 is 2.25 bits per heavy atom. The average Bonchev–Trinajstić information content (AvgIpc) is 3.10. The molecule has 1 atom stereocenters. The summed E-state index contributed by atoms with van der Waals surface area (Å²) in [5.74, 6) is -0.0120. The maximum atomic E-state index is 12.2. The Labute approximate surface area is 126 Å². The molecule has 2 rings (SSSR count). The van der Waals surface area contributed by atoms with Gasteiger partial charge in [-0.2, -0.15) is 8.78 Å². The third-order valence-electron chi connectivity index (χ3n) is 2.97. The van der Waals surface area contributed by atoms with E-state index in [-0.39, 0.29) is 29.1 Å². The Hall–Kier alpha value is -0.920. The summed E-state index contributed by atoms with van der Waals surface area (Å²) in [5, 5.41) is 2.67. The molecular formula is C12H17ClF2N2O2S. The quantitative estimate of drug-likeness (QED) is 0.844. The van der Waals surface area contributed by atoms with Gasteiger partial charge in [0.2, 0.25) is 0 Å². The number of carbonyl (C=O) groups is 1. The van der Waals surface area contributed by atoms with Gasteiger partial charge in [0, 0.05) is 17.5 Å². The van der Waals surface area contributed by atoms with Crippen LogP contribution in [0.15, 0.2) is 6.07 Å². The van der Waals surface area contributed by atoms with Crippen LogP contribution in [-0.4, -0.2) is 25.1 Å². The number of halogens is 3. The Morgan fingerprint density at radius 1 is 1.60 bits per heavy atom. The van der Waals surface area contributed by atoms with Gasteiger partial charge in [-0.3, -0.25) is 4.79 Å². The molecule has 0 saturated heterocycles. The summed E-state index contributed by atoms with van der Waals surface area (Å²) in [4.78, 5) is 12.8. The third kappa shape index (κ3) is 4.57. The molecule has 1 unspecified atom stereocenters. The highest BCUT2D eigenvalue weighted by molar-refractivity contribution is 7.14. The van der Waals surface area contributed by atoms with Crippen LogP contribution in [0.5, 0.6) is 5.75 Å². The van der Waals surface area contributed by atoms with Crippen molar-refractivity contribution in [1.29, 1.82) is 0 Å². The number of hydrogen-bond donors (Lipinski definition) is 2. The standard InChI is InChI=1S/C12H16F2N2O2S.ClH/c1-6-4-9(18-12(13)14)10(19-6)11(17)16-5-8(15)7-2-3-7;/h4,7-8,12H,2-3,5,15H2,1H3,(H,16,17);1H. The summed E-state index contributed by atoms with van der Waals surface area (Å²) in [5.41, 5.74) is 5.87. The van der Waals surface area contributed by atoms with E-state index in [2.05, 4.69) is 10.1 Å². The van der Waals surface area contributed by atoms with E-state index < -0.39 is 12.5 Å². The largest absolute Gasteiger partial charge is 0.433 e. The van der Waals surface area contributed by atoms with Crippen molar-refractivity contribution < 1.29 is 18.3 Å². The van der Waals surface area contributed by atoms with Crippen LogP contribution < -0.4 is 15.8 Å². The normalized spacial score (nSPS) is 15.7. The topological polar surface area (TPSA) is 64.3 Å². The van der Waals surface area contributed by atoms with Crippen LogP contribution in [-0.2, 0) is 0 Å². The summed E-state index contributed by atoms with van der Waals surface area (Å²) in [6, 6.07) is 1.37. The molecule has 1 fully saturated rings. The Morgan fingerprint density at radius 3 is 2.80 bits per heavy atom. The summed E-state index contributed by atoms with van der Waals surface area (Å²) in [7, 11) is 0. The van der Waals surface area contributed by atoms with Gasteiger partial charge in [-0.25, -0.2) is 0 Å². The SMILES string of the molecule is Cc1cc(OC(F)F)c(C(=O)NCC(N)C2CC2)s1.Cl. The van der Waals surface area contributed by atoms with Gasteiger partial charge in [0.1, 0.15) is 10.6 Å². The predicted octanol–water partition coefficient (Wildman–Crippen LogP) is 2.55. The number of hydrogen-bond acceptors (Lipinski definition) is 4. The van der Waals surface area contributed by atoms with Gasteiger partial charge >= 0.3 is 6.61 Å². The molecule has 8 heteroatoms. The first-order chi connectivity index (χ1) is 8.97. The first-order valence-electron chi connectivity index (χ1n) is 6.06. The summed E-state index contributed by atoms with van der Waals surface area (Å²) in [6.45, 7) is -0.848. The van der Waals surface area contributed by atoms with Gasteiger partial charge in [0.05, 0.1) is 0 Å². The van der Waals surface area contributed by atoms with Crippen molar-refractivity contribution in [2.45, 2.75) is 32.4 Å². The molecule has 114 valence electrons. The van der Waals surface area contributed by atoms with Crippen LogP contribution in [0.1, 0.15) is 27.4 Å². The van der Waals surface area contributed by atoms with E-state index in [1.807, 2.05) is 0 Å². The molecule has 1 aliphatic carbocycles. The highest BCUT2D eigenvalue weighted by Gasteiger charge is 2.29. The number of carbonyl (C=O) groups excluding carboxylic acids is 1. The lowest BCUT2D eigenvalue weighted by Crippen LogP contribution is -2.38. The maximum Gasteiger partial charge on any atom is 0.387 e. The highest BCUT2D eigenvalue weighted by atomic mass is 35.5. The van der Waals surface area contributed by atoms with E-state index in [1.165, 1.54) is 6.07 Å². The van der Waals surface area contributed by atoms with Gasteiger partial charge in [-0.05, 0) is 31.7 Å². The molecule has 0 bridgehead atoms. The fraction of sp³-hybridized carbons (Fsp3) is 0.583. The van der Waals surface area contributed by atoms with E-state index >= 15 is 0 Å². The Bertz CT molecular complexity index is 466. The zero-order valence-corrected chi connectivity index (χ0v) is 12.5. The van der Waals surface area contributed by atoms with Gasteiger partial charge in [-0.1, -0.05) is 0 Å². The number of rotatable bonds is 6. The minimum Gasteiger partial charge on any atom is -0.433 e. The van der Waals surface area contributed by atoms with Gasteiger partial charge in [0.25, 0.3) is 5.91 Å². The first-order valence-corrected chi connectivity index (χ1v) is 6.88. The number of aryl methyl sites for hydroxylation is 1. The van der Waals surface area contributed by atoms with Crippen LogP contribution in [0.3, 0.4) is 0 Å². The molecule has 1 heterocycles. The molecule has 0 aliphatic heterocycles. The molecule has 1 aromatic heterocycles. The summed E-state index contributed by atoms with van der Waals surface area (Å²) >= 11 is 1.13. The predicted molar refractivity (Wildman–Crippen MR) is 76.0 cm³/mol. The number of ether oxygens (including phenoxy) is 1. The zero-order valence-electron chi connectivity index (χ0n) is 10.9. The van der Waals surface area contributed by atoms with Gasteiger partial charge in [-0.15, -0.1) is 23.7 Å². The second kappa shape index (κ2) is 7.19. The van der Waals surface area contributed by atoms with Crippen LogP contribution in [0, 0.1) is 12.8 Å². The molecule has 20 heavy (non-hydrogen) atoms. The third-order valence-corrected chi connectivity index (χ3v) is 4.00. The fourth-order valence-electron chi connectivity index (χ4n) is 1.81. The lowest BCUT2D eigenvalue weighted by Gasteiger charge is -2.11. The molecule has 3 N–H and O–H groups in total. The Kier molecular flexibility index (Phi) is 6.16. The molecule has 1 aliphatic rings. The van der Waals surface area contributed by atoms with Crippen LogP contribution in [0.4, 0.5) is 8.78 Å². The minimum atomic E-state index is -2.94. The van der Waals surface area contributed by atoms with Crippen LogP contribution in [0.2, 0.25) is 0 Å². The molecule has 1 amide bonds.